The second kappa shape index (κ2) is 6.71. The Balaban J connectivity index is 1.41. The number of fused-ring (bicyclic) bond motifs is 5. The van der Waals surface area contributed by atoms with Crippen LogP contribution in [-0.2, 0) is 9.31 Å². The molecule has 5 aromatic rings. The molecular formula is C28H25BO3. The van der Waals surface area contributed by atoms with E-state index in [0.29, 0.717) is 0 Å². The lowest BCUT2D eigenvalue weighted by atomic mass is 9.78. The first-order valence-electron chi connectivity index (χ1n) is 11.1. The van der Waals surface area contributed by atoms with Gasteiger partial charge in [-0.15, -0.1) is 0 Å². The molecule has 2 heterocycles. The first-order valence-corrected chi connectivity index (χ1v) is 11.1. The monoisotopic (exact) mass is 420 g/mol. The van der Waals surface area contributed by atoms with Crippen molar-refractivity contribution in [3.05, 3.63) is 78.9 Å². The van der Waals surface area contributed by atoms with Gasteiger partial charge in [-0.05, 0) is 73.3 Å². The van der Waals surface area contributed by atoms with Crippen molar-refractivity contribution in [2.45, 2.75) is 38.9 Å². The molecule has 1 fully saturated rings. The highest BCUT2D eigenvalue weighted by Gasteiger charge is 2.51. The minimum Gasteiger partial charge on any atom is -0.456 e. The van der Waals surface area contributed by atoms with E-state index >= 15 is 0 Å². The van der Waals surface area contributed by atoms with Crippen molar-refractivity contribution in [2.75, 3.05) is 0 Å². The number of hydrogen-bond acceptors (Lipinski definition) is 3. The standard InChI is InChI=1S/C28H25BO3/c1-27(2)28(3,4)32-29(31-27)21-13-9-18(10-14-21)20-12-15-24-23(17-20)26-22-8-6-5-7-19(22)11-16-25(26)30-24/h5-17H,1-4H3. The van der Waals surface area contributed by atoms with E-state index in [4.69, 9.17) is 13.7 Å². The van der Waals surface area contributed by atoms with Crippen molar-refractivity contribution in [1.29, 1.82) is 0 Å². The van der Waals surface area contributed by atoms with Gasteiger partial charge in [0.05, 0.1) is 11.2 Å². The van der Waals surface area contributed by atoms with Crippen molar-refractivity contribution in [3.63, 3.8) is 0 Å². The zero-order chi connectivity index (χ0) is 22.1. The lowest BCUT2D eigenvalue weighted by Gasteiger charge is -2.32. The maximum Gasteiger partial charge on any atom is 0.494 e. The Bertz CT molecular complexity index is 1460. The molecule has 1 aliphatic rings. The average Bonchev–Trinajstić information content (AvgIpc) is 3.26. The molecule has 3 nitrogen and oxygen atoms in total. The van der Waals surface area contributed by atoms with Gasteiger partial charge >= 0.3 is 7.12 Å². The summed E-state index contributed by atoms with van der Waals surface area (Å²) in [5.41, 5.74) is 4.50. The van der Waals surface area contributed by atoms with E-state index in [1.807, 2.05) is 0 Å². The fourth-order valence-electron chi connectivity index (χ4n) is 4.54. The molecule has 0 amide bonds. The van der Waals surface area contributed by atoms with Crippen LogP contribution in [-0.4, -0.2) is 18.3 Å². The summed E-state index contributed by atoms with van der Waals surface area (Å²) in [5, 5.41) is 4.76. The third-order valence-electron chi connectivity index (χ3n) is 7.13. The lowest BCUT2D eigenvalue weighted by Crippen LogP contribution is -2.41. The summed E-state index contributed by atoms with van der Waals surface area (Å²) >= 11 is 0. The van der Waals surface area contributed by atoms with Crippen LogP contribution in [0.1, 0.15) is 27.7 Å². The fraction of sp³-hybridized carbons (Fsp3) is 0.214. The summed E-state index contributed by atoms with van der Waals surface area (Å²) in [5.74, 6) is 0. The molecule has 0 N–H and O–H groups in total. The van der Waals surface area contributed by atoms with Gasteiger partial charge in [0, 0.05) is 10.8 Å². The number of hydrogen-bond donors (Lipinski definition) is 0. The van der Waals surface area contributed by atoms with E-state index < -0.39 is 0 Å². The smallest absolute Gasteiger partial charge is 0.456 e. The molecule has 158 valence electrons. The van der Waals surface area contributed by atoms with Gasteiger partial charge in [-0.1, -0.05) is 60.7 Å². The van der Waals surface area contributed by atoms with E-state index in [2.05, 4.69) is 107 Å². The van der Waals surface area contributed by atoms with Crippen LogP contribution in [0.5, 0.6) is 0 Å². The van der Waals surface area contributed by atoms with Crippen LogP contribution in [0.15, 0.2) is 83.3 Å². The average molecular weight is 420 g/mol. The van der Waals surface area contributed by atoms with Gasteiger partial charge in [0.15, 0.2) is 0 Å². The molecule has 0 atom stereocenters. The molecular weight excluding hydrogens is 395 g/mol. The number of benzene rings is 4. The molecule has 1 aliphatic heterocycles. The van der Waals surface area contributed by atoms with Crippen molar-refractivity contribution in [2.24, 2.45) is 0 Å². The van der Waals surface area contributed by atoms with Crippen molar-refractivity contribution in [3.8, 4) is 11.1 Å². The second-order valence-electron chi connectivity index (χ2n) is 9.68. The molecule has 4 aromatic carbocycles. The van der Waals surface area contributed by atoms with Gasteiger partial charge in [-0.25, -0.2) is 0 Å². The fourth-order valence-corrected chi connectivity index (χ4v) is 4.54. The van der Waals surface area contributed by atoms with Crippen LogP contribution in [0, 0.1) is 0 Å². The van der Waals surface area contributed by atoms with Crippen molar-refractivity contribution < 1.29 is 13.7 Å². The van der Waals surface area contributed by atoms with Crippen molar-refractivity contribution in [1.82, 2.24) is 0 Å². The Kier molecular flexibility index (Phi) is 4.11. The molecule has 32 heavy (non-hydrogen) atoms. The minimum absolute atomic E-state index is 0.341. The third-order valence-corrected chi connectivity index (χ3v) is 7.13. The van der Waals surface area contributed by atoms with Crippen LogP contribution in [0.25, 0.3) is 43.8 Å². The summed E-state index contributed by atoms with van der Waals surface area (Å²) in [6.07, 6.45) is 0. The molecule has 0 radical (unpaired) electrons. The first-order chi connectivity index (χ1) is 15.3. The van der Waals surface area contributed by atoms with Gasteiger partial charge in [-0.2, -0.15) is 0 Å². The predicted molar refractivity (Wildman–Crippen MR) is 132 cm³/mol. The Morgan fingerprint density at radius 1 is 0.625 bits per heavy atom. The largest absolute Gasteiger partial charge is 0.494 e. The van der Waals surface area contributed by atoms with Gasteiger partial charge in [-0.3, -0.25) is 0 Å². The summed E-state index contributed by atoms with van der Waals surface area (Å²) in [4.78, 5) is 0. The van der Waals surface area contributed by atoms with E-state index in [0.717, 1.165) is 33.1 Å². The van der Waals surface area contributed by atoms with Gasteiger partial charge in [0.25, 0.3) is 0 Å². The molecule has 4 heteroatoms. The van der Waals surface area contributed by atoms with E-state index in [9.17, 15) is 0 Å². The SMILES string of the molecule is CC1(C)OB(c2ccc(-c3ccc4oc5ccc6ccccc6c5c4c3)cc2)OC1(C)C. The normalized spacial score (nSPS) is 17.6. The third kappa shape index (κ3) is 2.91. The lowest BCUT2D eigenvalue weighted by molar-refractivity contribution is 0.00578. The van der Waals surface area contributed by atoms with Crippen LogP contribution in [0.3, 0.4) is 0 Å². The molecule has 0 spiro atoms. The summed E-state index contributed by atoms with van der Waals surface area (Å²) in [6, 6.07) is 27.6. The van der Waals surface area contributed by atoms with Crippen LogP contribution >= 0.6 is 0 Å². The molecule has 1 saturated heterocycles. The quantitative estimate of drug-likeness (QED) is 0.298. The molecule has 1 aromatic heterocycles. The minimum atomic E-state index is -0.347. The second-order valence-corrected chi connectivity index (χ2v) is 9.68. The summed E-state index contributed by atoms with van der Waals surface area (Å²) in [7, 11) is -0.347. The maximum absolute atomic E-state index is 6.20. The summed E-state index contributed by atoms with van der Waals surface area (Å²) in [6.45, 7) is 8.32. The molecule has 0 saturated carbocycles. The zero-order valence-electron chi connectivity index (χ0n) is 18.8. The highest BCUT2D eigenvalue weighted by molar-refractivity contribution is 6.62. The van der Waals surface area contributed by atoms with Gasteiger partial charge < -0.3 is 13.7 Å². The molecule has 0 unspecified atom stereocenters. The molecule has 0 aliphatic carbocycles. The predicted octanol–water partition coefficient (Wildman–Crippen LogP) is 6.71. The van der Waals surface area contributed by atoms with Crippen LogP contribution in [0.2, 0.25) is 0 Å². The molecule has 6 rings (SSSR count). The van der Waals surface area contributed by atoms with Crippen molar-refractivity contribution >= 4 is 45.3 Å². The van der Waals surface area contributed by atoms with Crippen LogP contribution < -0.4 is 5.46 Å². The zero-order valence-corrected chi connectivity index (χ0v) is 18.8. The summed E-state index contributed by atoms with van der Waals surface area (Å²) < 4.78 is 18.5. The first kappa shape index (κ1) is 19.6. The Hall–Kier alpha value is -3.08. The highest BCUT2D eigenvalue weighted by Crippen LogP contribution is 2.38. The maximum atomic E-state index is 6.20. The van der Waals surface area contributed by atoms with Crippen LogP contribution in [0.4, 0.5) is 0 Å². The molecule has 0 bridgehead atoms. The Morgan fingerprint density at radius 3 is 2.03 bits per heavy atom. The Labute approximate surface area is 188 Å². The van der Waals surface area contributed by atoms with E-state index in [1.54, 1.807) is 0 Å². The van der Waals surface area contributed by atoms with Gasteiger partial charge in [0.2, 0.25) is 0 Å². The van der Waals surface area contributed by atoms with E-state index in [-0.39, 0.29) is 18.3 Å². The number of rotatable bonds is 2. The Morgan fingerprint density at radius 2 is 1.28 bits per heavy atom. The number of furan rings is 1. The van der Waals surface area contributed by atoms with Gasteiger partial charge in [0.1, 0.15) is 11.2 Å². The van der Waals surface area contributed by atoms with E-state index in [1.165, 1.54) is 16.2 Å². The highest BCUT2D eigenvalue weighted by atomic mass is 16.7. The topological polar surface area (TPSA) is 31.6 Å².